The zero-order chi connectivity index (χ0) is 47.6. The molecule has 372 valence electrons. The van der Waals surface area contributed by atoms with Crippen LogP contribution in [0.4, 0.5) is 0 Å². The molecule has 0 radical (unpaired) electrons. The predicted octanol–water partition coefficient (Wildman–Crippen LogP) is 0.532. The van der Waals surface area contributed by atoms with E-state index in [9.17, 15) is 56.2 Å². The van der Waals surface area contributed by atoms with E-state index in [0.29, 0.717) is 12.8 Å². The number of aliphatic hydroxyl groups is 11. The fraction of sp³-hybridized carbons (Fsp3) is 0.917. The highest BCUT2D eigenvalue weighted by Gasteiger charge is 2.68. The van der Waals surface area contributed by atoms with Gasteiger partial charge in [0.15, 0.2) is 18.9 Å². The standard InChI is InChI=1S/C48H78O17/c1-22-31(52)33(54)37(58)41(61-22)65-39-26(20-60-40-36(57)34(55)32(53)25(19-49)62-40)63-42(38(59)35(39)56)64-30-12-13-45(6)27(44(30,4)5)11-14-46(7)28(45)10-9-23-24-17-43(2,3)15-16-48(24,21-50)29(51)18-47(23,46)8/h9-10,22,25-42,49-59H,11-21H2,1-8H3/t22-,25-,26-,27?,28?,29-,30+,31+,32-,33-,34+,35-,36-,37-,38-,39-,40-,41+,42+,45+,46-,47-,48?/m1/s1. The summed E-state index contributed by atoms with van der Waals surface area (Å²) in [5.41, 5.74) is 0.777. The molecule has 0 aromatic carbocycles. The molecular weight excluding hydrogens is 849 g/mol. The minimum atomic E-state index is -1.76. The van der Waals surface area contributed by atoms with Crippen LogP contribution in [0, 0.1) is 44.3 Å². The van der Waals surface area contributed by atoms with Crippen molar-refractivity contribution in [3.8, 4) is 0 Å². The van der Waals surface area contributed by atoms with E-state index in [1.807, 2.05) is 0 Å². The van der Waals surface area contributed by atoms with Gasteiger partial charge >= 0.3 is 0 Å². The lowest BCUT2D eigenvalue weighted by molar-refractivity contribution is -0.373. The van der Waals surface area contributed by atoms with Crippen LogP contribution in [-0.2, 0) is 28.4 Å². The summed E-state index contributed by atoms with van der Waals surface area (Å²) >= 11 is 0. The molecule has 0 aromatic heterocycles. The molecule has 0 spiro atoms. The van der Waals surface area contributed by atoms with Gasteiger partial charge in [0.05, 0.1) is 38.1 Å². The minimum Gasteiger partial charge on any atom is -0.395 e. The normalized spacial score (nSPS) is 54.0. The van der Waals surface area contributed by atoms with Gasteiger partial charge in [-0.1, -0.05) is 66.2 Å². The fourth-order valence-corrected chi connectivity index (χ4v) is 14.4. The lowest BCUT2D eigenvalue weighted by atomic mass is 9.35. The molecule has 3 saturated carbocycles. The number of hydrogen-bond donors (Lipinski definition) is 11. The molecule has 65 heavy (non-hydrogen) atoms. The van der Waals surface area contributed by atoms with Gasteiger partial charge in [0.1, 0.15) is 67.1 Å². The maximum absolute atomic E-state index is 12.1. The minimum absolute atomic E-state index is 0.0621. The third-order valence-corrected chi connectivity index (χ3v) is 18.8. The smallest absolute Gasteiger partial charge is 0.187 e. The maximum Gasteiger partial charge on any atom is 0.187 e. The van der Waals surface area contributed by atoms with Gasteiger partial charge in [0.2, 0.25) is 0 Å². The summed E-state index contributed by atoms with van der Waals surface area (Å²) in [7, 11) is 0. The van der Waals surface area contributed by atoms with Crippen LogP contribution in [0.2, 0.25) is 0 Å². The molecule has 3 heterocycles. The summed E-state index contributed by atoms with van der Waals surface area (Å²) in [5.74, 6) is 0.308. The topological polar surface area (TPSA) is 278 Å². The van der Waals surface area contributed by atoms with Crippen molar-refractivity contribution in [1.82, 2.24) is 0 Å². The molecule has 17 nitrogen and oxygen atoms in total. The Morgan fingerprint density at radius 3 is 1.97 bits per heavy atom. The van der Waals surface area contributed by atoms with Gasteiger partial charge in [-0.3, -0.25) is 0 Å². The summed E-state index contributed by atoms with van der Waals surface area (Å²) in [4.78, 5) is 0. The molecule has 8 aliphatic rings. The predicted molar refractivity (Wildman–Crippen MR) is 230 cm³/mol. The molecule has 6 fully saturated rings. The average Bonchev–Trinajstić information content (AvgIpc) is 3.24. The van der Waals surface area contributed by atoms with Crippen molar-refractivity contribution < 1.29 is 84.6 Å². The second-order valence-corrected chi connectivity index (χ2v) is 23.3. The Morgan fingerprint density at radius 1 is 0.662 bits per heavy atom. The molecule has 5 aliphatic carbocycles. The molecular formula is C48H78O17. The zero-order valence-corrected chi connectivity index (χ0v) is 39.3. The summed E-state index contributed by atoms with van der Waals surface area (Å²) in [5, 5.41) is 119. The van der Waals surface area contributed by atoms with Crippen molar-refractivity contribution in [3.05, 3.63) is 23.3 Å². The number of aliphatic hydroxyl groups excluding tert-OH is 11. The summed E-state index contributed by atoms with van der Waals surface area (Å²) in [6, 6.07) is 0. The lowest BCUT2D eigenvalue weighted by Crippen LogP contribution is -2.66. The Morgan fingerprint density at radius 2 is 1.29 bits per heavy atom. The molecule has 23 atom stereocenters. The maximum atomic E-state index is 12.1. The first-order valence-electron chi connectivity index (χ1n) is 24.0. The van der Waals surface area contributed by atoms with Gasteiger partial charge in [0, 0.05) is 10.8 Å². The van der Waals surface area contributed by atoms with Crippen LogP contribution in [0.15, 0.2) is 23.3 Å². The Balaban J connectivity index is 1.04. The second kappa shape index (κ2) is 17.6. The van der Waals surface area contributed by atoms with Crippen LogP contribution < -0.4 is 0 Å². The van der Waals surface area contributed by atoms with Crippen molar-refractivity contribution in [1.29, 1.82) is 0 Å². The number of rotatable bonds is 9. The van der Waals surface area contributed by atoms with E-state index >= 15 is 0 Å². The highest BCUT2D eigenvalue weighted by Crippen LogP contribution is 2.74. The van der Waals surface area contributed by atoms with Gasteiger partial charge in [-0.2, -0.15) is 0 Å². The molecule has 17 heteroatoms. The van der Waals surface area contributed by atoms with E-state index in [1.165, 1.54) is 18.1 Å². The van der Waals surface area contributed by atoms with Crippen molar-refractivity contribution in [3.63, 3.8) is 0 Å². The Bertz CT molecular complexity index is 1790. The first-order valence-corrected chi connectivity index (χ1v) is 24.0. The monoisotopic (exact) mass is 927 g/mol. The SMILES string of the molecule is C[C@H]1O[C@@H](O[C@H]2[C@H](O)[C@@H](O)[C@H](O[C@H]3CC[C@@]4(C)C(CC[C@]5(C)C4C=CC4=C6CC(C)(C)CCC6(CO)[C@H](O)C[C@]45C)C3(C)C)O[C@@H]2CO[C@@H]2O[C@H](CO)[C@@H](O)[C@H](O)[C@H]2O)[C@H](O)[C@H](O)[C@H]1O. The number of hydrogen-bond acceptors (Lipinski definition) is 17. The Hall–Kier alpha value is -1.20. The van der Waals surface area contributed by atoms with Crippen LogP contribution in [0.1, 0.15) is 107 Å². The van der Waals surface area contributed by atoms with Crippen LogP contribution in [0.3, 0.4) is 0 Å². The summed E-state index contributed by atoms with van der Waals surface area (Å²) in [6.07, 6.45) is -13.2. The third-order valence-electron chi connectivity index (χ3n) is 18.8. The molecule has 8 rings (SSSR count). The lowest BCUT2D eigenvalue weighted by Gasteiger charge is -2.70. The van der Waals surface area contributed by atoms with Crippen molar-refractivity contribution in [2.45, 2.75) is 211 Å². The molecule has 0 bridgehead atoms. The third kappa shape index (κ3) is 7.87. The van der Waals surface area contributed by atoms with E-state index < -0.39 is 128 Å². The van der Waals surface area contributed by atoms with E-state index in [1.54, 1.807) is 0 Å². The Kier molecular flexibility index (Phi) is 13.6. The largest absolute Gasteiger partial charge is 0.395 e. The van der Waals surface area contributed by atoms with Crippen LogP contribution in [0.25, 0.3) is 0 Å². The van der Waals surface area contributed by atoms with Gasteiger partial charge in [-0.05, 0) is 97.4 Å². The number of allylic oxidation sites excluding steroid dienone is 3. The van der Waals surface area contributed by atoms with Gasteiger partial charge in [-0.25, -0.2) is 0 Å². The quantitative estimate of drug-likeness (QED) is 0.141. The fourth-order valence-electron chi connectivity index (χ4n) is 14.4. The highest BCUT2D eigenvalue weighted by molar-refractivity contribution is 5.47. The summed E-state index contributed by atoms with van der Waals surface area (Å²) in [6.45, 7) is 16.2. The van der Waals surface area contributed by atoms with Gasteiger partial charge < -0.3 is 84.6 Å². The molecule has 3 aliphatic heterocycles. The van der Waals surface area contributed by atoms with Crippen LogP contribution in [-0.4, -0.2) is 180 Å². The second-order valence-electron chi connectivity index (χ2n) is 23.3. The molecule has 0 amide bonds. The molecule has 3 saturated heterocycles. The molecule has 0 aromatic rings. The van der Waals surface area contributed by atoms with E-state index in [0.717, 1.165) is 38.5 Å². The van der Waals surface area contributed by atoms with Crippen LogP contribution in [0.5, 0.6) is 0 Å². The Labute approximate surface area is 382 Å². The van der Waals surface area contributed by atoms with Crippen molar-refractivity contribution in [2.75, 3.05) is 19.8 Å². The first kappa shape index (κ1) is 50.2. The van der Waals surface area contributed by atoms with Gasteiger partial charge in [0.25, 0.3) is 0 Å². The van der Waals surface area contributed by atoms with E-state index in [2.05, 4.69) is 60.6 Å². The van der Waals surface area contributed by atoms with Crippen LogP contribution >= 0.6 is 0 Å². The average molecular weight is 927 g/mol. The van der Waals surface area contributed by atoms with Crippen molar-refractivity contribution >= 4 is 0 Å². The number of ether oxygens (including phenoxy) is 6. The van der Waals surface area contributed by atoms with E-state index in [4.69, 9.17) is 28.4 Å². The summed E-state index contributed by atoms with van der Waals surface area (Å²) < 4.78 is 36.2. The van der Waals surface area contributed by atoms with E-state index in [-0.39, 0.29) is 40.1 Å². The zero-order valence-electron chi connectivity index (χ0n) is 39.3. The molecule has 11 N–H and O–H groups in total. The number of fused-ring (bicyclic) bond motifs is 6. The molecule has 3 unspecified atom stereocenters. The first-order chi connectivity index (χ1) is 30.3. The van der Waals surface area contributed by atoms with Crippen molar-refractivity contribution in [2.24, 2.45) is 44.3 Å². The highest BCUT2D eigenvalue weighted by atomic mass is 16.8. The van der Waals surface area contributed by atoms with Gasteiger partial charge in [-0.15, -0.1) is 0 Å².